The molecular weight excluding hydrogens is 671 g/mol. The van der Waals surface area contributed by atoms with E-state index in [1.807, 2.05) is 32.0 Å². The Kier molecular flexibility index (Phi) is 8.33. The number of ether oxygens (including phenoxy) is 1. The number of hydrogen-bond donors (Lipinski definition) is 1. The number of rotatable bonds is 8. The van der Waals surface area contributed by atoms with Gasteiger partial charge in [0, 0.05) is 17.8 Å². The third kappa shape index (κ3) is 6.21. The molecule has 1 aliphatic carbocycles. The summed E-state index contributed by atoms with van der Waals surface area (Å²) in [5.74, 6) is 1.43. The van der Waals surface area contributed by atoms with Crippen molar-refractivity contribution >= 4 is 50.3 Å². The molecule has 4 aromatic rings. The van der Waals surface area contributed by atoms with Crippen LogP contribution in [0.5, 0.6) is 11.5 Å². The summed E-state index contributed by atoms with van der Waals surface area (Å²) in [5.41, 5.74) is 7.70. The average molecular weight is 705 g/mol. The number of benzene rings is 4. The Hall–Kier alpha value is -3.63. The molecule has 3 atom stereocenters. The minimum Gasteiger partial charge on any atom is -0.490 e. The van der Waals surface area contributed by atoms with E-state index in [-0.39, 0.29) is 16.7 Å². The first kappa shape index (κ1) is 29.4. The summed E-state index contributed by atoms with van der Waals surface area (Å²) in [6, 6.07) is 25.4. The predicted molar refractivity (Wildman–Crippen MR) is 181 cm³/mol. The molecule has 4 aromatic carbocycles. The lowest BCUT2D eigenvalue weighted by molar-refractivity contribution is 0.327. The molecule has 1 heterocycles. The van der Waals surface area contributed by atoms with Crippen molar-refractivity contribution in [1.82, 2.24) is 0 Å². The molecule has 2 aliphatic rings. The van der Waals surface area contributed by atoms with Gasteiger partial charge in [-0.25, -0.2) is 0 Å². The Morgan fingerprint density at radius 3 is 2.47 bits per heavy atom. The highest BCUT2D eigenvalue weighted by Gasteiger charge is 2.37. The minimum atomic E-state index is -4.03. The van der Waals surface area contributed by atoms with Gasteiger partial charge in [-0.05, 0) is 115 Å². The molecule has 0 radical (unpaired) electrons. The summed E-state index contributed by atoms with van der Waals surface area (Å²) in [6.07, 6.45) is 7.49. The molecule has 0 saturated carbocycles. The quantitative estimate of drug-likeness (QED) is 0.0861. The molecule has 6 nitrogen and oxygen atoms in total. The van der Waals surface area contributed by atoms with E-state index in [0.717, 1.165) is 23.2 Å². The minimum absolute atomic E-state index is 0.0906. The number of nitrogens with zero attached hydrogens (tertiary/aromatic N) is 1. The van der Waals surface area contributed by atoms with E-state index in [9.17, 15) is 8.42 Å². The molecule has 1 aliphatic heterocycles. The zero-order valence-corrected chi connectivity index (χ0v) is 27.2. The van der Waals surface area contributed by atoms with Gasteiger partial charge in [0.2, 0.25) is 0 Å². The maximum absolute atomic E-state index is 13.0. The van der Waals surface area contributed by atoms with Crippen molar-refractivity contribution in [2.75, 3.05) is 11.9 Å². The Morgan fingerprint density at radius 1 is 0.977 bits per heavy atom. The van der Waals surface area contributed by atoms with Gasteiger partial charge in [0.15, 0.2) is 11.5 Å². The maximum Gasteiger partial charge on any atom is 0.339 e. The highest BCUT2D eigenvalue weighted by Crippen LogP contribution is 2.50. The molecular formula is C35H33IN2O4S. The lowest BCUT2D eigenvalue weighted by Gasteiger charge is -2.37. The molecule has 0 saturated heterocycles. The second kappa shape index (κ2) is 12.2. The molecule has 220 valence electrons. The first-order valence-corrected chi connectivity index (χ1v) is 16.9. The fourth-order valence-electron chi connectivity index (χ4n) is 5.83. The lowest BCUT2D eigenvalue weighted by Crippen LogP contribution is -2.29. The van der Waals surface area contributed by atoms with Crippen molar-refractivity contribution in [3.63, 3.8) is 0 Å². The van der Waals surface area contributed by atoms with Crippen LogP contribution in [0.25, 0.3) is 0 Å². The van der Waals surface area contributed by atoms with E-state index < -0.39 is 10.1 Å². The van der Waals surface area contributed by atoms with Crippen molar-refractivity contribution in [1.29, 1.82) is 0 Å². The Balaban J connectivity index is 1.21. The number of fused-ring (bicyclic) bond motifs is 3. The molecule has 1 N–H and O–H groups in total. The number of aryl methyl sites for hydroxylation is 2. The van der Waals surface area contributed by atoms with Gasteiger partial charge in [-0.15, -0.1) is 0 Å². The second-order valence-corrected chi connectivity index (χ2v) is 13.7. The molecule has 0 amide bonds. The van der Waals surface area contributed by atoms with Gasteiger partial charge in [-0.2, -0.15) is 8.42 Å². The fraction of sp³-hybridized carbons (Fsp3) is 0.229. The molecule has 6 rings (SSSR count). The van der Waals surface area contributed by atoms with Crippen LogP contribution in [0.1, 0.15) is 53.1 Å². The SMILES string of the molecule is CCOc1cc(C=Nc2ccc([C@@H]3Nc4ccc(C)cc4[C@@H]4C=CC[C@@H]43)cc2)cc(I)c1OS(=O)(=O)c1ccc(C)cc1. The molecule has 0 aromatic heterocycles. The number of allylic oxidation sites excluding steroid dienone is 2. The molecule has 0 fully saturated rings. The Labute approximate surface area is 267 Å². The first-order valence-electron chi connectivity index (χ1n) is 14.4. The van der Waals surface area contributed by atoms with Crippen LogP contribution in [-0.2, 0) is 10.1 Å². The van der Waals surface area contributed by atoms with Crippen LogP contribution in [0.3, 0.4) is 0 Å². The monoisotopic (exact) mass is 704 g/mol. The topological polar surface area (TPSA) is 77.0 Å². The third-order valence-electron chi connectivity index (χ3n) is 7.97. The van der Waals surface area contributed by atoms with E-state index >= 15 is 0 Å². The Morgan fingerprint density at radius 2 is 1.72 bits per heavy atom. The van der Waals surface area contributed by atoms with Gasteiger partial charge in [0.25, 0.3) is 0 Å². The molecule has 0 spiro atoms. The van der Waals surface area contributed by atoms with Crippen molar-refractivity contribution < 1.29 is 17.3 Å². The van der Waals surface area contributed by atoms with Gasteiger partial charge in [-0.1, -0.05) is 59.7 Å². The summed E-state index contributed by atoms with van der Waals surface area (Å²) in [6.45, 7) is 6.25. The normalized spacial score (nSPS) is 19.1. The number of halogens is 1. The van der Waals surface area contributed by atoms with E-state index in [1.165, 1.54) is 34.5 Å². The first-order chi connectivity index (χ1) is 20.7. The summed E-state index contributed by atoms with van der Waals surface area (Å²) in [5, 5.41) is 3.80. The maximum atomic E-state index is 13.0. The number of hydrogen-bond acceptors (Lipinski definition) is 6. The molecule has 0 bridgehead atoms. The standard InChI is InChI=1S/C35H33IN2O4S/c1-4-41-33-20-24(19-31(36)35(33)42-43(39,40)27-15-8-22(2)9-16-27)21-37-26-13-11-25(12-14-26)34-29-7-5-6-28(29)30-18-23(3)10-17-32(30)38-34/h5-6,8-21,28-29,34,38H,4,7H2,1-3H3/t28-,29+,34+/m1/s1. The van der Waals surface area contributed by atoms with Gasteiger partial charge < -0.3 is 14.2 Å². The van der Waals surface area contributed by atoms with Crippen LogP contribution in [0, 0.1) is 23.3 Å². The molecule has 43 heavy (non-hydrogen) atoms. The van der Waals surface area contributed by atoms with E-state index in [1.54, 1.807) is 24.4 Å². The van der Waals surface area contributed by atoms with Crippen LogP contribution >= 0.6 is 22.6 Å². The predicted octanol–water partition coefficient (Wildman–Crippen LogP) is 8.65. The highest BCUT2D eigenvalue weighted by atomic mass is 127. The number of nitrogens with one attached hydrogen (secondary N) is 1. The van der Waals surface area contributed by atoms with E-state index in [0.29, 0.717) is 27.8 Å². The average Bonchev–Trinajstić information content (AvgIpc) is 3.49. The lowest BCUT2D eigenvalue weighted by atomic mass is 9.76. The van der Waals surface area contributed by atoms with Gasteiger partial charge in [0.05, 0.1) is 21.9 Å². The van der Waals surface area contributed by atoms with Gasteiger partial charge in [-0.3, -0.25) is 4.99 Å². The molecule has 0 unspecified atom stereocenters. The second-order valence-electron chi connectivity index (χ2n) is 11.0. The van der Waals surface area contributed by atoms with Crippen molar-refractivity contribution in [2.24, 2.45) is 10.9 Å². The van der Waals surface area contributed by atoms with Crippen molar-refractivity contribution in [3.05, 3.63) is 122 Å². The van der Waals surface area contributed by atoms with Gasteiger partial charge in [0.1, 0.15) is 4.90 Å². The van der Waals surface area contributed by atoms with Crippen LogP contribution in [0.15, 0.2) is 101 Å². The third-order valence-corrected chi connectivity index (χ3v) is 10.0. The zero-order chi connectivity index (χ0) is 30.1. The smallest absolute Gasteiger partial charge is 0.339 e. The summed E-state index contributed by atoms with van der Waals surface area (Å²) in [4.78, 5) is 4.79. The van der Waals surface area contributed by atoms with Crippen LogP contribution in [0.2, 0.25) is 0 Å². The van der Waals surface area contributed by atoms with Gasteiger partial charge >= 0.3 is 10.1 Å². The van der Waals surface area contributed by atoms with Crippen LogP contribution in [-0.4, -0.2) is 21.2 Å². The fourth-order valence-corrected chi connectivity index (χ4v) is 7.67. The molecule has 8 heteroatoms. The largest absolute Gasteiger partial charge is 0.490 e. The summed E-state index contributed by atoms with van der Waals surface area (Å²) >= 11 is 2.07. The summed E-state index contributed by atoms with van der Waals surface area (Å²) < 4.78 is 37.9. The number of aliphatic imine (C=N–C) groups is 1. The van der Waals surface area contributed by atoms with E-state index in [4.69, 9.17) is 13.9 Å². The van der Waals surface area contributed by atoms with Crippen molar-refractivity contribution in [3.8, 4) is 11.5 Å². The van der Waals surface area contributed by atoms with E-state index in [2.05, 4.69) is 77.3 Å². The highest BCUT2D eigenvalue weighted by molar-refractivity contribution is 14.1. The van der Waals surface area contributed by atoms with Crippen molar-refractivity contribution in [2.45, 2.75) is 44.0 Å². The number of anilines is 1. The zero-order valence-electron chi connectivity index (χ0n) is 24.3. The Bertz CT molecular complexity index is 1820. The summed E-state index contributed by atoms with van der Waals surface area (Å²) in [7, 11) is -4.03. The van der Waals surface area contributed by atoms with Crippen LogP contribution in [0.4, 0.5) is 11.4 Å². The van der Waals surface area contributed by atoms with Crippen LogP contribution < -0.4 is 14.2 Å².